The van der Waals surface area contributed by atoms with Crippen molar-refractivity contribution in [3.8, 4) is 5.75 Å². The highest BCUT2D eigenvalue weighted by atomic mass is 32.2. The molecular weight excluding hydrogens is 266 g/mol. The normalized spacial score (nSPS) is 20.2. The lowest BCUT2D eigenvalue weighted by Crippen LogP contribution is -2.26. The highest BCUT2D eigenvalue weighted by Gasteiger charge is 2.18. The molecule has 1 aromatic carbocycles. The van der Waals surface area contributed by atoms with E-state index in [-0.39, 0.29) is 11.0 Å². The summed E-state index contributed by atoms with van der Waals surface area (Å²) < 4.78 is 34.2. The van der Waals surface area contributed by atoms with E-state index in [1.165, 1.54) is 6.07 Å². The van der Waals surface area contributed by atoms with E-state index in [0.29, 0.717) is 12.4 Å². The van der Waals surface area contributed by atoms with Crippen molar-refractivity contribution < 1.29 is 17.9 Å². The van der Waals surface area contributed by atoms with E-state index >= 15 is 0 Å². The molecule has 1 fully saturated rings. The van der Waals surface area contributed by atoms with Crippen LogP contribution in [0.25, 0.3) is 0 Å². The van der Waals surface area contributed by atoms with Gasteiger partial charge in [0, 0.05) is 6.61 Å². The topological polar surface area (TPSA) is 78.6 Å². The van der Waals surface area contributed by atoms with Crippen LogP contribution in [0.3, 0.4) is 0 Å². The molecule has 0 radical (unpaired) electrons. The summed E-state index contributed by atoms with van der Waals surface area (Å²) in [6.45, 7) is 2.90. The Balaban J connectivity index is 2.11. The average molecular weight is 285 g/mol. The fourth-order valence-electron chi connectivity index (χ4n) is 2.08. The van der Waals surface area contributed by atoms with Gasteiger partial charge in [-0.05, 0) is 43.9 Å². The zero-order valence-electron chi connectivity index (χ0n) is 11.0. The second-order valence-electron chi connectivity index (χ2n) is 4.79. The van der Waals surface area contributed by atoms with Gasteiger partial charge in [0.1, 0.15) is 17.3 Å². The van der Waals surface area contributed by atoms with Gasteiger partial charge in [0.15, 0.2) is 0 Å². The highest BCUT2D eigenvalue weighted by molar-refractivity contribution is 7.89. The molecule has 0 bridgehead atoms. The highest BCUT2D eigenvalue weighted by Crippen LogP contribution is 2.25. The van der Waals surface area contributed by atoms with Crippen LogP contribution in [-0.4, -0.2) is 27.7 Å². The van der Waals surface area contributed by atoms with Crippen LogP contribution in [0.1, 0.15) is 24.8 Å². The third-order valence-corrected chi connectivity index (χ3v) is 4.04. The summed E-state index contributed by atoms with van der Waals surface area (Å²) in [4.78, 5) is 0.0308. The maximum atomic E-state index is 11.5. The van der Waals surface area contributed by atoms with Crippen LogP contribution in [0.2, 0.25) is 0 Å². The lowest BCUT2D eigenvalue weighted by atomic mass is 10.1. The van der Waals surface area contributed by atoms with E-state index in [9.17, 15) is 8.42 Å². The van der Waals surface area contributed by atoms with Crippen LogP contribution in [0.4, 0.5) is 0 Å². The zero-order valence-corrected chi connectivity index (χ0v) is 11.8. The molecule has 1 heterocycles. The minimum absolute atomic E-state index is 0.0308. The maximum absolute atomic E-state index is 11.5. The van der Waals surface area contributed by atoms with E-state index in [4.69, 9.17) is 14.6 Å². The third-order valence-electron chi connectivity index (χ3n) is 3.10. The van der Waals surface area contributed by atoms with E-state index in [1.54, 1.807) is 12.1 Å². The van der Waals surface area contributed by atoms with Crippen molar-refractivity contribution in [3.63, 3.8) is 0 Å². The van der Waals surface area contributed by atoms with Crippen LogP contribution >= 0.6 is 0 Å². The van der Waals surface area contributed by atoms with Crippen molar-refractivity contribution in [2.75, 3.05) is 13.2 Å². The van der Waals surface area contributed by atoms with Gasteiger partial charge < -0.3 is 9.47 Å². The molecule has 1 aliphatic rings. The second-order valence-corrected chi connectivity index (χ2v) is 6.32. The average Bonchev–Trinajstić information content (AvgIpc) is 2.37. The van der Waals surface area contributed by atoms with E-state index in [2.05, 4.69) is 0 Å². The molecule has 6 heteroatoms. The third kappa shape index (κ3) is 3.92. The Kier molecular flexibility index (Phi) is 4.44. The molecule has 2 rings (SSSR count). The molecule has 0 aliphatic carbocycles. The van der Waals surface area contributed by atoms with Crippen molar-refractivity contribution in [2.24, 2.45) is 5.14 Å². The molecule has 2 N–H and O–H groups in total. The molecule has 1 unspecified atom stereocenters. The largest absolute Gasteiger partial charge is 0.489 e. The summed E-state index contributed by atoms with van der Waals surface area (Å²) in [5, 5.41) is 5.20. The van der Waals surface area contributed by atoms with Crippen LogP contribution in [0.15, 0.2) is 23.1 Å². The van der Waals surface area contributed by atoms with Crippen LogP contribution in [0, 0.1) is 6.92 Å². The summed E-state index contributed by atoms with van der Waals surface area (Å²) in [6.07, 6.45) is 3.16. The first-order chi connectivity index (χ1) is 8.97. The second kappa shape index (κ2) is 5.90. The lowest BCUT2D eigenvalue weighted by molar-refractivity contribution is -0.0116. The number of ether oxygens (including phenoxy) is 2. The molecular formula is C13H19NO4S. The number of aryl methyl sites for hydroxylation is 1. The summed E-state index contributed by atoms with van der Waals surface area (Å²) in [5.41, 5.74) is 0.824. The predicted octanol–water partition coefficient (Wildman–Crippen LogP) is 1.59. The van der Waals surface area contributed by atoms with Gasteiger partial charge in [0.05, 0.1) is 6.10 Å². The number of primary sulfonamides is 1. The molecule has 106 valence electrons. The molecule has 19 heavy (non-hydrogen) atoms. The monoisotopic (exact) mass is 285 g/mol. The van der Waals surface area contributed by atoms with E-state index in [0.717, 1.165) is 31.4 Å². The standard InChI is InChI=1S/C13H19NO4S/c1-10-5-6-12(13(8-10)19(14,15)16)18-9-11-4-2-3-7-17-11/h5-6,8,11H,2-4,7,9H2,1H3,(H2,14,15,16). The summed E-state index contributed by atoms with van der Waals surface area (Å²) in [5.74, 6) is 0.294. The summed E-state index contributed by atoms with van der Waals surface area (Å²) in [7, 11) is -3.77. The van der Waals surface area contributed by atoms with Gasteiger partial charge >= 0.3 is 0 Å². The molecule has 0 aromatic heterocycles. The van der Waals surface area contributed by atoms with Crippen molar-refractivity contribution in [1.29, 1.82) is 0 Å². The number of sulfonamides is 1. The Labute approximate surface area is 113 Å². The molecule has 0 saturated carbocycles. The number of hydrogen-bond acceptors (Lipinski definition) is 4. The fraction of sp³-hybridized carbons (Fsp3) is 0.538. The van der Waals surface area contributed by atoms with Gasteiger partial charge in [0.25, 0.3) is 0 Å². The van der Waals surface area contributed by atoms with E-state index in [1.807, 2.05) is 6.92 Å². The van der Waals surface area contributed by atoms with Crippen molar-refractivity contribution in [1.82, 2.24) is 0 Å². The summed E-state index contributed by atoms with van der Waals surface area (Å²) in [6, 6.07) is 4.95. The van der Waals surface area contributed by atoms with Gasteiger partial charge in [0.2, 0.25) is 10.0 Å². The number of benzene rings is 1. The number of rotatable bonds is 4. The van der Waals surface area contributed by atoms with Crippen molar-refractivity contribution in [2.45, 2.75) is 37.2 Å². The molecule has 1 aliphatic heterocycles. The van der Waals surface area contributed by atoms with Gasteiger partial charge in [-0.15, -0.1) is 0 Å². The molecule has 5 nitrogen and oxygen atoms in total. The molecule has 1 saturated heterocycles. The Hall–Kier alpha value is -1.11. The van der Waals surface area contributed by atoms with Crippen LogP contribution < -0.4 is 9.88 Å². The minimum atomic E-state index is -3.77. The number of hydrogen-bond donors (Lipinski definition) is 1. The minimum Gasteiger partial charge on any atom is -0.489 e. The first-order valence-electron chi connectivity index (χ1n) is 6.34. The van der Waals surface area contributed by atoms with Crippen molar-refractivity contribution >= 4 is 10.0 Å². The quantitative estimate of drug-likeness (QED) is 0.911. The first kappa shape index (κ1) is 14.3. The Morgan fingerprint density at radius 1 is 1.42 bits per heavy atom. The van der Waals surface area contributed by atoms with E-state index < -0.39 is 10.0 Å². The SMILES string of the molecule is Cc1ccc(OCC2CCCCO2)c(S(N)(=O)=O)c1. The smallest absolute Gasteiger partial charge is 0.241 e. The maximum Gasteiger partial charge on any atom is 0.241 e. The first-order valence-corrected chi connectivity index (χ1v) is 7.89. The Bertz CT molecular complexity index is 536. The van der Waals surface area contributed by atoms with Crippen molar-refractivity contribution in [3.05, 3.63) is 23.8 Å². The Morgan fingerprint density at radius 2 is 2.21 bits per heavy atom. The number of nitrogens with two attached hydrogens (primary N) is 1. The zero-order chi connectivity index (χ0) is 13.9. The molecule has 0 amide bonds. The predicted molar refractivity (Wildman–Crippen MR) is 71.6 cm³/mol. The Morgan fingerprint density at radius 3 is 2.84 bits per heavy atom. The fourth-order valence-corrected chi connectivity index (χ4v) is 2.84. The van der Waals surface area contributed by atoms with Crippen LogP contribution in [0.5, 0.6) is 5.75 Å². The molecule has 0 spiro atoms. The van der Waals surface area contributed by atoms with Gasteiger partial charge in [-0.2, -0.15) is 0 Å². The summed E-state index contributed by atoms with van der Waals surface area (Å²) >= 11 is 0. The van der Waals surface area contributed by atoms with Gasteiger partial charge in [-0.1, -0.05) is 6.07 Å². The molecule has 1 atom stereocenters. The van der Waals surface area contributed by atoms with Gasteiger partial charge in [-0.25, -0.2) is 13.6 Å². The molecule has 1 aromatic rings. The lowest BCUT2D eigenvalue weighted by Gasteiger charge is -2.23. The van der Waals surface area contributed by atoms with Gasteiger partial charge in [-0.3, -0.25) is 0 Å². The van der Waals surface area contributed by atoms with Crippen LogP contribution in [-0.2, 0) is 14.8 Å².